The number of hydrogen-bond acceptors (Lipinski definition) is 2. The first kappa shape index (κ1) is 16.1. The van der Waals surface area contributed by atoms with E-state index in [1.165, 1.54) is 6.07 Å². The van der Waals surface area contributed by atoms with Gasteiger partial charge in [0.1, 0.15) is 5.75 Å². The Morgan fingerprint density at radius 2 is 1.78 bits per heavy atom. The van der Waals surface area contributed by atoms with Crippen LogP contribution in [0.15, 0.2) is 18.2 Å². The molecule has 2 N–H and O–H groups in total. The van der Waals surface area contributed by atoms with Crippen LogP contribution in [0.3, 0.4) is 0 Å². The highest BCUT2D eigenvalue weighted by Gasteiger charge is 2.65. The SMILES string of the molecule is Cc1ccc(C2(C(F)(F)F)CC2)c(OC2(C(N)=O)CCCC2)c1. The quantitative estimate of drug-likeness (QED) is 0.915. The van der Waals surface area contributed by atoms with Crippen molar-refractivity contribution in [3.8, 4) is 5.75 Å². The number of carbonyl (C=O) groups excluding carboxylic acids is 1. The second kappa shape index (κ2) is 5.14. The second-order valence-corrected chi connectivity index (χ2v) is 6.75. The molecule has 2 aliphatic carbocycles. The van der Waals surface area contributed by atoms with Crippen LogP contribution >= 0.6 is 0 Å². The Bertz CT molecular complexity index is 629. The first-order valence-electron chi connectivity index (χ1n) is 7.87. The molecule has 23 heavy (non-hydrogen) atoms. The van der Waals surface area contributed by atoms with E-state index in [-0.39, 0.29) is 24.2 Å². The van der Waals surface area contributed by atoms with Crippen molar-refractivity contribution >= 4 is 5.91 Å². The molecular formula is C17H20F3NO2. The highest BCUT2D eigenvalue weighted by Crippen LogP contribution is 2.61. The standard InChI is InChI=1S/C17H20F3NO2/c1-11-4-5-12(15(8-9-15)17(18,19)20)13(10-11)23-16(14(21)22)6-2-3-7-16/h4-5,10H,2-3,6-9H2,1H3,(H2,21,22). The van der Waals surface area contributed by atoms with Crippen molar-refractivity contribution in [2.24, 2.45) is 5.73 Å². The lowest BCUT2D eigenvalue weighted by Gasteiger charge is -2.30. The molecule has 2 fully saturated rings. The maximum absolute atomic E-state index is 13.5. The largest absolute Gasteiger partial charge is 0.477 e. The van der Waals surface area contributed by atoms with Gasteiger partial charge in [0.2, 0.25) is 0 Å². The van der Waals surface area contributed by atoms with E-state index in [9.17, 15) is 18.0 Å². The molecule has 0 aromatic heterocycles. The van der Waals surface area contributed by atoms with E-state index < -0.39 is 23.1 Å². The molecule has 2 saturated carbocycles. The number of alkyl halides is 3. The Hall–Kier alpha value is -1.72. The van der Waals surface area contributed by atoms with Gasteiger partial charge in [0.25, 0.3) is 5.91 Å². The monoisotopic (exact) mass is 327 g/mol. The first-order chi connectivity index (χ1) is 10.7. The molecule has 0 spiro atoms. The van der Waals surface area contributed by atoms with Gasteiger partial charge in [0.05, 0.1) is 5.41 Å². The lowest BCUT2D eigenvalue weighted by molar-refractivity contribution is -0.161. The van der Waals surface area contributed by atoms with E-state index >= 15 is 0 Å². The highest BCUT2D eigenvalue weighted by atomic mass is 19.4. The van der Waals surface area contributed by atoms with Gasteiger partial charge in [0, 0.05) is 5.56 Å². The van der Waals surface area contributed by atoms with Crippen molar-refractivity contribution in [1.82, 2.24) is 0 Å². The number of benzene rings is 1. The molecule has 1 aromatic rings. The zero-order chi connectivity index (χ0) is 16.9. The van der Waals surface area contributed by atoms with Gasteiger partial charge in [-0.2, -0.15) is 13.2 Å². The zero-order valence-electron chi connectivity index (χ0n) is 13.0. The second-order valence-electron chi connectivity index (χ2n) is 6.75. The fourth-order valence-electron chi connectivity index (χ4n) is 3.50. The van der Waals surface area contributed by atoms with Crippen LogP contribution in [0.1, 0.15) is 49.7 Å². The molecule has 1 amide bonds. The van der Waals surface area contributed by atoms with E-state index in [4.69, 9.17) is 10.5 Å². The van der Waals surface area contributed by atoms with Gasteiger partial charge in [-0.15, -0.1) is 0 Å². The summed E-state index contributed by atoms with van der Waals surface area (Å²) < 4.78 is 46.3. The summed E-state index contributed by atoms with van der Waals surface area (Å²) >= 11 is 0. The molecule has 0 bridgehead atoms. The molecule has 2 aliphatic rings. The van der Waals surface area contributed by atoms with Gasteiger partial charge in [-0.25, -0.2) is 0 Å². The summed E-state index contributed by atoms with van der Waals surface area (Å²) in [5.74, 6) is -0.445. The van der Waals surface area contributed by atoms with Gasteiger partial charge < -0.3 is 10.5 Å². The number of ether oxygens (including phenoxy) is 1. The summed E-state index contributed by atoms with van der Waals surface area (Å²) in [7, 11) is 0. The Morgan fingerprint density at radius 1 is 1.17 bits per heavy atom. The maximum Gasteiger partial charge on any atom is 0.398 e. The van der Waals surface area contributed by atoms with Crippen molar-refractivity contribution < 1.29 is 22.7 Å². The third-order valence-electron chi connectivity index (χ3n) is 5.11. The molecule has 0 saturated heterocycles. The third-order valence-corrected chi connectivity index (χ3v) is 5.11. The van der Waals surface area contributed by atoms with E-state index in [0.29, 0.717) is 12.8 Å². The van der Waals surface area contributed by atoms with Gasteiger partial charge in [-0.1, -0.05) is 12.1 Å². The number of carbonyl (C=O) groups is 1. The molecule has 0 heterocycles. The van der Waals surface area contributed by atoms with E-state index in [1.807, 2.05) is 0 Å². The summed E-state index contributed by atoms with van der Waals surface area (Å²) in [5, 5.41) is 0. The molecule has 3 rings (SSSR count). The van der Waals surface area contributed by atoms with Crippen molar-refractivity contribution in [2.45, 2.75) is 62.6 Å². The summed E-state index contributed by atoms with van der Waals surface area (Å²) in [6, 6.07) is 4.72. The zero-order valence-corrected chi connectivity index (χ0v) is 13.0. The number of halogens is 3. The van der Waals surface area contributed by atoms with Crippen LogP contribution < -0.4 is 10.5 Å². The molecule has 0 radical (unpaired) electrons. The number of nitrogens with two attached hydrogens (primary N) is 1. The topological polar surface area (TPSA) is 52.3 Å². The van der Waals surface area contributed by atoms with Crippen LogP contribution in [0.25, 0.3) is 0 Å². The van der Waals surface area contributed by atoms with Crippen LogP contribution in [-0.4, -0.2) is 17.7 Å². The van der Waals surface area contributed by atoms with Crippen LogP contribution in [0, 0.1) is 6.92 Å². The minimum atomic E-state index is -4.32. The molecular weight excluding hydrogens is 307 g/mol. The Balaban J connectivity index is 2.03. The van der Waals surface area contributed by atoms with Gasteiger partial charge >= 0.3 is 6.18 Å². The molecule has 0 aliphatic heterocycles. The highest BCUT2D eigenvalue weighted by molar-refractivity contribution is 5.84. The van der Waals surface area contributed by atoms with Gasteiger partial charge in [0.15, 0.2) is 5.60 Å². The Labute approximate surface area is 133 Å². The fraction of sp³-hybridized carbons (Fsp3) is 0.588. The van der Waals surface area contributed by atoms with Crippen molar-refractivity contribution in [3.63, 3.8) is 0 Å². The Kier molecular flexibility index (Phi) is 3.61. The van der Waals surface area contributed by atoms with Gasteiger partial charge in [-0.3, -0.25) is 4.79 Å². The van der Waals surface area contributed by atoms with Crippen LogP contribution in [0.2, 0.25) is 0 Å². The normalized spacial score (nSPS) is 21.9. The predicted octanol–water partition coefficient (Wildman–Crippen LogP) is 3.77. The molecule has 0 unspecified atom stereocenters. The number of rotatable bonds is 4. The Morgan fingerprint density at radius 3 is 2.26 bits per heavy atom. The van der Waals surface area contributed by atoms with Crippen LogP contribution in [0.4, 0.5) is 13.2 Å². The molecule has 1 aromatic carbocycles. The number of aryl methyl sites for hydroxylation is 1. The summed E-state index contributed by atoms with van der Waals surface area (Å²) in [5.41, 5.74) is 3.40. The summed E-state index contributed by atoms with van der Waals surface area (Å²) in [4.78, 5) is 11.9. The lowest BCUT2D eigenvalue weighted by Crippen LogP contribution is -2.47. The average Bonchev–Trinajstić information content (AvgIpc) is 3.12. The number of hydrogen-bond donors (Lipinski definition) is 1. The maximum atomic E-state index is 13.5. The molecule has 3 nitrogen and oxygen atoms in total. The van der Waals surface area contributed by atoms with Crippen LogP contribution in [-0.2, 0) is 10.2 Å². The number of primary amides is 1. The minimum Gasteiger partial charge on any atom is -0.477 e. The number of amides is 1. The lowest BCUT2D eigenvalue weighted by atomic mass is 9.92. The third kappa shape index (κ3) is 2.58. The fourth-order valence-corrected chi connectivity index (χ4v) is 3.50. The summed E-state index contributed by atoms with van der Waals surface area (Å²) in [6.45, 7) is 1.79. The van der Waals surface area contributed by atoms with Gasteiger partial charge in [-0.05, 0) is 57.1 Å². The smallest absolute Gasteiger partial charge is 0.398 e. The predicted molar refractivity (Wildman–Crippen MR) is 79.2 cm³/mol. The molecule has 0 atom stereocenters. The van der Waals surface area contributed by atoms with Crippen molar-refractivity contribution in [2.75, 3.05) is 0 Å². The van der Waals surface area contributed by atoms with Crippen molar-refractivity contribution in [1.29, 1.82) is 0 Å². The van der Waals surface area contributed by atoms with E-state index in [2.05, 4.69) is 0 Å². The summed E-state index contributed by atoms with van der Waals surface area (Å²) in [6.07, 6.45) is -1.73. The molecule has 6 heteroatoms. The van der Waals surface area contributed by atoms with E-state index in [0.717, 1.165) is 18.4 Å². The molecule has 126 valence electrons. The van der Waals surface area contributed by atoms with E-state index in [1.54, 1.807) is 19.1 Å². The minimum absolute atomic E-state index is 0.0551. The first-order valence-corrected chi connectivity index (χ1v) is 7.87. The average molecular weight is 327 g/mol. The van der Waals surface area contributed by atoms with Crippen LogP contribution in [0.5, 0.6) is 5.75 Å². The van der Waals surface area contributed by atoms with Crippen molar-refractivity contribution in [3.05, 3.63) is 29.3 Å².